The number of carbonyl (C=O) groups is 1. The molecule has 0 heterocycles. The van der Waals surface area contributed by atoms with Crippen molar-refractivity contribution in [3.05, 3.63) is 29.6 Å². The van der Waals surface area contributed by atoms with Gasteiger partial charge in [-0.25, -0.2) is 4.39 Å². The van der Waals surface area contributed by atoms with Crippen molar-refractivity contribution in [2.24, 2.45) is 0 Å². The molecule has 1 aromatic rings. The molecule has 1 amide bonds. The van der Waals surface area contributed by atoms with Crippen molar-refractivity contribution in [3.63, 3.8) is 0 Å². The molecular weight excluding hydrogens is 221 g/mol. The van der Waals surface area contributed by atoms with Crippen molar-refractivity contribution in [2.45, 2.75) is 19.3 Å². The van der Waals surface area contributed by atoms with Crippen LogP contribution in [0.5, 0.6) is 0 Å². The lowest BCUT2D eigenvalue weighted by atomic mass is 10.1. The highest BCUT2D eigenvalue weighted by Crippen LogP contribution is 2.11. The van der Waals surface area contributed by atoms with Crippen LogP contribution >= 0.6 is 0 Å². The number of nitriles is 1. The van der Waals surface area contributed by atoms with Crippen molar-refractivity contribution >= 4 is 11.6 Å². The number of unbranched alkanes of at least 4 members (excludes halogenated alkanes) is 2. The Kier molecular flexibility index (Phi) is 4.95. The van der Waals surface area contributed by atoms with Crippen LogP contribution in [0.1, 0.15) is 29.6 Å². The number of anilines is 1. The summed E-state index contributed by atoms with van der Waals surface area (Å²) >= 11 is 0. The topological polar surface area (TPSA) is 78.9 Å². The third kappa shape index (κ3) is 4.11. The van der Waals surface area contributed by atoms with Crippen LogP contribution in [-0.2, 0) is 0 Å². The molecule has 0 bridgehead atoms. The Morgan fingerprint density at radius 2 is 2.24 bits per heavy atom. The Morgan fingerprint density at radius 1 is 1.47 bits per heavy atom. The van der Waals surface area contributed by atoms with Gasteiger partial charge >= 0.3 is 0 Å². The molecule has 0 saturated carbocycles. The fourth-order valence-electron chi connectivity index (χ4n) is 1.34. The van der Waals surface area contributed by atoms with E-state index in [1.807, 2.05) is 6.07 Å². The summed E-state index contributed by atoms with van der Waals surface area (Å²) < 4.78 is 13.3. The van der Waals surface area contributed by atoms with Crippen molar-refractivity contribution in [3.8, 4) is 6.07 Å². The van der Waals surface area contributed by atoms with E-state index in [9.17, 15) is 9.18 Å². The van der Waals surface area contributed by atoms with Gasteiger partial charge in [-0.3, -0.25) is 4.79 Å². The maximum Gasteiger partial charge on any atom is 0.254 e. The molecule has 5 heteroatoms. The van der Waals surface area contributed by atoms with Crippen LogP contribution in [-0.4, -0.2) is 12.5 Å². The van der Waals surface area contributed by atoms with E-state index in [4.69, 9.17) is 11.0 Å². The monoisotopic (exact) mass is 235 g/mol. The minimum Gasteiger partial charge on any atom is -0.399 e. The van der Waals surface area contributed by atoms with Gasteiger partial charge in [-0.15, -0.1) is 0 Å². The molecule has 0 spiro atoms. The number of rotatable bonds is 5. The van der Waals surface area contributed by atoms with E-state index in [1.165, 1.54) is 12.1 Å². The molecule has 4 nitrogen and oxygen atoms in total. The van der Waals surface area contributed by atoms with Gasteiger partial charge in [-0.1, -0.05) is 0 Å². The SMILES string of the molecule is N#CCCCCNC(=O)c1ccc(N)cc1F. The number of benzene rings is 1. The van der Waals surface area contributed by atoms with Crippen LogP contribution in [0.2, 0.25) is 0 Å². The van der Waals surface area contributed by atoms with E-state index >= 15 is 0 Å². The fraction of sp³-hybridized carbons (Fsp3) is 0.333. The Bertz CT molecular complexity index is 440. The van der Waals surface area contributed by atoms with Crippen LogP contribution in [0.4, 0.5) is 10.1 Å². The highest BCUT2D eigenvalue weighted by Gasteiger charge is 2.10. The third-order valence-electron chi connectivity index (χ3n) is 2.24. The van der Waals surface area contributed by atoms with Crippen molar-refractivity contribution in [1.82, 2.24) is 5.32 Å². The molecular formula is C12H14FN3O. The van der Waals surface area contributed by atoms with Gasteiger partial charge in [0.15, 0.2) is 0 Å². The van der Waals surface area contributed by atoms with E-state index in [0.717, 1.165) is 12.5 Å². The predicted octanol–water partition coefficient (Wildman–Crippen LogP) is 1.83. The van der Waals surface area contributed by atoms with Gasteiger partial charge in [0.25, 0.3) is 5.91 Å². The number of nitrogens with zero attached hydrogens (tertiary/aromatic N) is 1. The van der Waals surface area contributed by atoms with E-state index in [1.54, 1.807) is 0 Å². The summed E-state index contributed by atoms with van der Waals surface area (Å²) in [5, 5.41) is 10.9. The first kappa shape index (κ1) is 13.0. The molecule has 0 aromatic heterocycles. The zero-order chi connectivity index (χ0) is 12.7. The van der Waals surface area contributed by atoms with Crippen molar-refractivity contribution < 1.29 is 9.18 Å². The summed E-state index contributed by atoms with van der Waals surface area (Å²) in [5.41, 5.74) is 5.65. The number of amides is 1. The minimum absolute atomic E-state index is 0.0144. The summed E-state index contributed by atoms with van der Waals surface area (Å²) in [6.07, 6.45) is 1.89. The van der Waals surface area contributed by atoms with Crippen LogP contribution in [0.25, 0.3) is 0 Å². The summed E-state index contributed by atoms with van der Waals surface area (Å²) in [7, 11) is 0. The smallest absolute Gasteiger partial charge is 0.254 e. The Hall–Kier alpha value is -2.09. The number of nitrogens with one attached hydrogen (secondary N) is 1. The Balaban J connectivity index is 2.45. The lowest BCUT2D eigenvalue weighted by molar-refractivity contribution is 0.0949. The van der Waals surface area contributed by atoms with Gasteiger partial charge in [0.05, 0.1) is 11.6 Å². The van der Waals surface area contributed by atoms with E-state index < -0.39 is 11.7 Å². The van der Waals surface area contributed by atoms with Crippen molar-refractivity contribution in [1.29, 1.82) is 5.26 Å². The Labute approximate surface area is 99.2 Å². The molecule has 0 aliphatic carbocycles. The lowest BCUT2D eigenvalue weighted by Crippen LogP contribution is -2.25. The zero-order valence-corrected chi connectivity index (χ0v) is 9.37. The third-order valence-corrected chi connectivity index (χ3v) is 2.24. The minimum atomic E-state index is -0.625. The summed E-state index contributed by atoms with van der Waals surface area (Å²) in [5.74, 6) is -1.08. The zero-order valence-electron chi connectivity index (χ0n) is 9.37. The maximum absolute atomic E-state index is 13.3. The van der Waals surface area contributed by atoms with E-state index in [2.05, 4.69) is 5.32 Å². The van der Waals surface area contributed by atoms with Gasteiger partial charge in [-0.2, -0.15) is 5.26 Å². The fourth-order valence-corrected chi connectivity index (χ4v) is 1.34. The normalized spacial score (nSPS) is 9.65. The van der Waals surface area contributed by atoms with Gasteiger partial charge in [0.2, 0.25) is 0 Å². The molecule has 0 aliphatic heterocycles. The average Bonchev–Trinajstić information content (AvgIpc) is 2.28. The number of carbonyl (C=O) groups excluding carboxylic acids is 1. The number of nitrogen functional groups attached to an aromatic ring is 1. The largest absolute Gasteiger partial charge is 0.399 e. The molecule has 0 fully saturated rings. The molecule has 0 saturated heterocycles. The lowest BCUT2D eigenvalue weighted by Gasteiger charge is -2.05. The molecule has 0 aliphatic rings. The van der Waals surface area contributed by atoms with Crippen molar-refractivity contribution in [2.75, 3.05) is 12.3 Å². The van der Waals surface area contributed by atoms with Crippen LogP contribution in [0.15, 0.2) is 18.2 Å². The first-order valence-electron chi connectivity index (χ1n) is 5.35. The average molecular weight is 235 g/mol. The second-order valence-corrected chi connectivity index (χ2v) is 3.61. The predicted molar refractivity (Wildman–Crippen MR) is 62.6 cm³/mol. The molecule has 90 valence electrons. The number of hydrogen-bond acceptors (Lipinski definition) is 3. The second-order valence-electron chi connectivity index (χ2n) is 3.61. The van der Waals surface area contributed by atoms with Crippen LogP contribution in [0, 0.1) is 17.1 Å². The highest BCUT2D eigenvalue weighted by atomic mass is 19.1. The summed E-state index contributed by atoms with van der Waals surface area (Å²) in [6.45, 7) is 0.435. The first-order chi connectivity index (χ1) is 8.15. The Morgan fingerprint density at radius 3 is 2.88 bits per heavy atom. The van der Waals surface area contributed by atoms with E-state index in [0.29, 0.717) is 19.4 Å². The van der Waals surface area contributed by atoms with Gasteiger partial charge < -0.3 is 11.1 Å². The van der Waals surface area contributed by atoms with Crippen LogP contribution < -0.4 is 11.1 Å². The van der Waals surface area contributed by atoms with Gasteiger partial charge in [0, 0.05) is 18.7 Å². The molecule has 0 unspecified atom stereocenters. The van der Waals surface area contributed by atoms with Gasteiger partial charge in [0.1, 0.15) is 5.82 Å². The van der Waals surface area contributed by atoms with Crippen LogP contribution in [0.3, 0.4) is 0 Å². The quantitative estimate of drug-likeness (QED) is 0.603. The second kappa shape index (κ2) is 6.48. The highest BCUT2D eigenvalue weighted by molar-refractivity contribution is 5.94. The first-order valence-corrected chi connectivity index (χ1v) is 5.35. The molecule has 0 atom stereocenters. The molecule has 3 N–H and O–H groups in total. The molecule has 17 heavy (non-hydrogen) atoms. The number of nitrogens with two attached hydrogens (primary N) is 1. The summed E-state index contributed by atoms with van der Waals surface area (Å²) in [4.78, 5) is 11.6. The molecule has 0 radical (unpaired) electrons. The maximum atomic E-state index is 13.3. The van der Waals surface area contributed by atoms with E-state index in [-0.39, 0.29) is 11.3 Å². The standard InChI is InChI=1S/C12H14FN3O/c13-11-8-9(15)4-5-10(11)12(17)16-7-3-1-2-6-14/h4-5,8H,1-3,7,15H2,(H,16,17). The number of hydrogen-bond donors (Lipinski definition) is 2. The van der Waals surface area contributed by atoms with Gasteiger partial charge in [-0.05, 0) is 31.0 Å². The summed E-state index contributed by atoms with van der Waals surface area (Å²) in [6, 6.07) is 5.97. The number of halogens is 1. The molecule has 1 aromatic carbocycles. The molecule has 1 rings (SSSR count).